The second kappa shape index (κ2) is 8.41. The minimum atomic E-state index is -4.68. The smallest absolute Gasteiger partial charge is 0.362 e. The Morgan fingerprint density at radius 1 is 1.27 bits per heavy atom. The van der Waals surface area contributed by atoms with Crippen molar-refractivity contribution in [1.29, 1.82) is 0 Å². The Labute approximate surface area is 185 Å². The van der Waals surface area contributed by atoms with E-state index >= 15 is 0 Å². The number of carbonyl (C=O) groups is 1. The van der Waals surface area contributed by atoms with Gasteiger partial charge in [-0.1, -0.05) is 11.8 Å². The average molecular weight is 481 g/mol. The van der Waals surface area contributed by atoms with Crippen LogP contribution < -0.4 is 15.6 Å². The first kappa shape index (κ1) is 22.6. The molecule has 3 aromatic rings. The fourth-order valence-corrected chi connectivity index (χ4v) is 3.89. The number of benzene rings is 1. The molecule has 0 aliphatic carbocycles. The summed E-state index contributed by atoms with van der Waals surface area (Å²) < 4.78 is 37.3. The van der Waals surface area contributed by atoms with Gasteiger partial charge in [0.2, 0.25) is 0 Å². The summed E-state index contributed by atoms with van der Waals surface area (Å²) in [5.74, 6) is -2.56. The van der Waals surface area contributed by atoms with Gasteiger partial charge in [-0.2, -0.15) is 8.42 Å². The molecule has 1 aliphatic rings. The van der Waals surface area contributed by atoms with Crippen LogP contribution in [-0.4, -0.2) is 74.1 Å². The number of amides is 1. The van der Waals surface area contributed by atoms with Crippen LogP contribution in [-0.2, 0) is 19.2 Å². The predicted octanol–water partition coefficient (Wildman–Crippen LogP) is -2.50. The number of aromatic nitrogens is 4. The monoisotopic (exact) mass is 481 g/mol. The molecule has 16 heteroatoms. The first-order valence-corrected chi connectivity index (χ1v) is 10.6. The molecule has 1 aromatic carbocycles. The highest BCUT2D eigenvalue weighted by molar-refractivity contribution is 7.85. The van der Waals surface area contributed by atoms with Gasteiger partial charge in [-0.15, -0.1) is 0 Å². The Hall–Kier alpha value is -3.57. The molecule has 4 atom stereocenters. The summed E-state index contributed by atoms with van der Waals surface area (Å²) in [7, 11) is -4.68. The Morgan fingerprint density at radius 3 is 2.76 bits per heavy atom. The second-order valence-corrected chi connectivity index (χ2v) is 8.33. The molecule has 0 bridgehead atoms. The van der Waals surface area contributed by atoms with Crippen molar-refractivity contribution in [3.05, 3.63) is 36.4 Å². The Bertz CT molecular complexity index is 1310. The number of phenolic OH excluding ortho intramolecular Hbond substituents is 1. The lowest BCUT2D eigenvalue weighted by Gasteiger charge is -2.16. The van der Waals surface area contributed by atoms with E-state index in [1.54, 1.807) is 4.72 Å². The van der Waals surface area contributed by atoms with Gasteiger partial charge >= 0.3 is 10.3 Å². The number of nitrogens with two attached hydrogens (primary N) is 1. The summed E-state index contributed by atoms with van der Waals surface area (Å²) in [4.78, 5) is 23.9. The second-order valence-electron chi connectivity index (χ2n) is 6.98. The number of nitrogen functional groups attached to an aromatic ring is 1. The molecule has 0 saturated carbocycles. The molecule has 33 heavy (non-hydrogen) atoms. The van der Waals surface area contributed by atoms with Crippen LogP contribution in [0, 0.1) is 0 Å². The Balaban J connectivity index is 1.43. The van der Waals surface area contributed by atoms with Crippen molar-refractivity contribution in [1.82, 2.24) is 24.2 Å². The third-order valence-electron chi connectivity index (χ3n) is 4.82. The lowest BCUT2D eigenvalue weighted by atomic mass is 10.1. The number of fused-ring (bicyclic) bond motifs is 1. The first-order chi connectivity index (χ1) is 15.6. The molecule has 15 nitrogen and oxygen atoms in total. The summed E-state index contributed by atoms with van der Waals surface area (Å²) in [5, 5.41) is 41.2. The molecule has 3 heterocycles. The fraction of sp³-hybridized carbons (Fsp3) is 0.294. The van der Waals surface area contributed by atoms with E-state index in [-0.39, 0.29) is 22.5 Å². The van der Waals surface area contributed by atoms with Crippen LogP contribution in [0.2, 0.25) is 0 Å². The maximum absolute atomic E-state index is 12.1. The molecule has 1 fully saturated rings. The number of nitrogens with one attached hydrogen (secondary N) is 1. The molecule has 4 rings (SSSR count). The number of aromatic hydroxyl groups is 1. The third-order valence-corrected chi connectivity index (χ3v) is 5.71. The highest BCUT2D eigenvalue weighted by Gasteiger charge is 2.45. The van der Waals surface area contributed by atoms with Crippen LogP contribution in [0.5, 0.6) is 11.5 Å². The highest BCUT2D eigenvalue weighted by Crippen LogP contribution is 2.32. The van der Waals surface area contributed by atoms with Gasteiger partial charge in [0, 0.05) is 5.56 Å². The van der Waals surface area contributed by atoms with E-state index in [0.29, 0.717) is 0 Å². The summed E-state index contributed by atoms with van der Waals surface area (Å²) in [6.07, 6.45) is -3.12. The molecular formula is C17H17N6O9S-. The van der Waals surface area contributed by atoms with E-state index in [0.717, 1.165) is 18.2 Å². The lowest BCUT2D eigenvalue weighted by Crippen LogP contribution is -2.37. The number of imidazole rings is 1. The van der Waals surface area contributed by atoms with Crippen molar-refractivity contribution in [2.45, 2.75) is 24.5 Å². The Morgan fingerprint density at radius 2 is 2.03 bits per heavy atom. The van der Waals surface area contributed by atoms with Gasteiger partial charge in [-0.05, 0) is 12.1 Å². The van der Waals surface area contributed by atoms with E-state index in [9.17, 15) is 33.6 Å². The molecule has 6 N–H and O–H groups in total. The quantitative estimate of drug-likeness (QED) is 0.245. The molecule has 0 spiro atoms. The van der Waals surface area contributed by atoms with Crippen molar-refractivity contribution >= 4 is 33.2 Å². The van der Waals surface area contributed by atoms with E-state index in [1.165, 1.54) is 17.2 Å². The van der Waals surface area contributed by atoms with Crippen LogP contribution >= 0.6 is 0 Å². The zero-order valence-corrected chi connectivity index (χ0v) is 17.3. The zero-order chi connectivity index (χ0) is 23.9. The number of ether oxygens (including phenoxy) is 1. The molecule has 0 radical (unpaired) electrons. The summed E-state index contributed by atoms with van der Waals surface area (Å²) in [6, 6.07) is 2.70. The SMILES string of the molecule is Nc1ncnc2c1ncn2C1OC(COS(=O)(=O)NC(=O)c2ccc([O-])c(O)c2)[C@@H](O)[C@H]1O. The molecule has 2 aromatic heterocycles. The predicted molar refractivity (Wildman–Crippen MR) is 106 cm³/mol. The Kier molecular flexibility index (Phi) is 5.76. The number of carbonyl (C=O) groups excluding carboxylic acids is 1. The molecule has 1 aliphatic heterocycles. The van der Waals surface area contributed by atoms with Gasteiger partial charge < -0.3 is 30.9 Å². The normalized spacial score (nSPS) is 23.1. The van der Waals surface area contributed by atoms with Crippen LogP contribution in [0.4, 0.5) is 5.82 Å². The minimum absolute atomic E-state index is 0.0895. The molecule has 2 unspecified atom stereocenters. The molecule has 1 saturated heterocycles. The number of hydrogen-bond acceptors (Lipinski definition) is 13. The number of rotatable bonds is 6. The van der Waals surface area contributed by atoms with Crippen molar-refractivity contribution in [3.63, 3.8) is 0 Å². The van der Waals surface area contributed by atoms with Gasteiger partial charge in [0.15, 0.2) is 17.7 Å². The van der Waals surface area contributed by atoms with Gasteiger partial charge in [0.05, 0.1) is 12.9 Å². The number of nitrogens with zero attached hydrogens (tertiary/aromatic N) is 4. The van der Waals surface area contributed by atoms with Gasteiger partial charge in [0.1, 0.15) is 35.9 Å². The minimum Gasteiger partial charge on any atom is -0.870 e. The maximum atomic E-state index is 12.1. The van der Waals surface area contributed by atoms with E-state index in [2.05, 4.69) is 15.0 Å². The van der Waals surface area contributed by atoms with Crippen molar-refractivity contribution in [2.24, 2.45) is 0 Å². The first-order valence-electron chi connectivity index (χ1n) is 9.23. The zero-order valence-electron chi connectivity index (χ0n) is 16.5. The van der Waals surface area contributed by atoms with Crippen molar-refractivity contribution in [3.8, 4) is 11.5 Å². The number of aliphatic hydroxyl groups is 2. The van der Waals surface area contributed by atoms with Crippen LogP contribution in [0.3, 0.4) is 0 Å². The summed E-state index contributed by atoms with van der Waals surface area (Å²) >= 11 is 0. The van der Waals surface area contributed by atoms with Crippen molar-refractivity contribution in [2.75, 3.05) is 12.3 Å². The van der Waals surface area contributed by atoms with Crippen LogP contribution in [0.15, 0.2) is 30.9 Å². The highest BCUT2D eigenvalue weighted by atomic mass is 32.2. The molecule has 176 valence electrons. The average Bonchev–Trinajstić information content (AvgIpc) is 3.31. The van der Waals surface area contributed by atoms with Gasteiger partial charge in [-0.25, -0.2) is 19.7 Å². The van der Waals surface area contributed by atoms with E-state index < -0.39 is 58.9 Å². The topological polar surface area (TPSA) is 235 Å². The summed E-state index contributed by atoms with van der Waals surface area (Å²) in [6.45, 7) is -0.758. The molecule has 1 amide bonds. The van der Waals surface area contributed by atoms with E-state index in [1.807, 2.05) is 0 Å². The van der Waals surface area contributed by atoms with Crippen LogP contribution in [0.25, 0.3) is 11.2 Å². The number of phenols is 1. The maximum Gasteiger partial charge on any atom is 0.362 e. The van der Waals surface area contributed by atoms with Crippen molar-refractivity contribution < 1.29 is 42.6 Å². The largest absolute Gasteiger partial charge is 0.870 e. The third kappa shape index (κ3) is 4.37. The van der Waals surface area contributed by atoms with Crippen LogP contribution in [0.1, 0.15) is 16.6 Å². The standard InChI is InChI=1S/C17H18N6O9S/c18-14-11-15(20-5-19-14)23(6-21-11)17-13(27)12(26)10(32-17)4-31-33(29,30)22-16(28)7-1-2-8(24)9(25)3-7/h1-3,5-6,10,12-13,17,24-27H,4H2,(H,22,28)(H2,18,19,20)/p-1/t10?,12-,13-,17?/m1/s1. The number of anilines is 1. The number of hydrogen-bond donors (Lipinski definition) is 5. The molecular weight excluding hydrogens is 464 g/mol. The van der Waals surface area contributed by atoms with Gasteiger partial charge in [0.25, 0.3) is 5.91 Å². The summed E-state index contributed by atoms with van der Waals surface area (Å²) in [5.41, 5.74) is 5.87. The number of aliphatic hydroxyl groups excluding tert-OH is 2. The fourth-order valence-electron chi connectivity index (χ4n) is 3.17. The van der Waals surface area contributed by atoms with E-state index in [4.69, 9.17) is 14.7 Å². The van der Waals surface area contributed by atoms with Gasteiger partial charge in [-0.3, -0.25) is 13.5 Å². The lowest BCUT2D eigenvalue weighted by molar-refractivity contribution is -0.270.